The summed E-state index contributed by atoms with van der Waals surface area (Å²) in [6, 6.07) is 33.9. The molecule has 4 atom stereocenters. The molecule has 0 bridgehead atoms. The van der Waals surface area contributed by atoms with E-state index in [0.717, 1.165) is 33.4 Å². The van der Waals surface area contributed by atoms with Gasteiger partial charge in [0.05, 0.1) is 23.7 Å². The van der Waals surface area contributed by atoms with Gasteiger partial charge in [-0.2, -0.15) is 0 Å². The Morgan fingerprint density at radius 2 is 1.50 bits per heavy atom. The van der Waals surface area contributed by atoms with Crippen molar-refractivity contribution in [3.8, 4) is 11.1 Å². The Morgan fingerprint density at radius 1 is 0.783 bits per heavy atom. The smallest absolute Gasteiger partial charge is 0.240 e. The van der Waals surface area contributed by atoms with Crippen LogP contribution in [0, 0.1) is 5.92 Å². The first-order valence-electron chi connectivity index (χ1n) is 15.0. The molecule has 0 radical (unpaired) electrons. The van der Waals surface area contributed by atoms with Crippen LogP contribution in [0.3, 0.4) is 0 Å². The maximum Gasteiger partial charge on any atom is 0.240 e. The van der Waals surface area contributed by atoms with Gasteiger partial charge in [-0.05, 0) is 52.1 Å². The molecule has 1 fully saturated rings. The largest absolute Gasteiger partial charge is 0.392 e. The molecule has 0 spiro atoms. The standard InChI is InChI=1S/C36H35N3O5S2/c1-25-33(24-45-36-37-19-6-20-38-36)43-35(44-34(25)29-13-11-26(23-40)12-14-29)30-17-15-28(16-18-30)31-8-5-7-27(21-31)22-39-46(41,42)32-9-3-2-4-10-32/h2-21,25,33-35,39-40H,22-24H2,1H3/t25-,33+,34+,35+/m0/s1. The molecule has 1 aliphatic heterocycles. The molecular formula is C36H35N3O5S2. The summed E-state index contributed by atoms with van der Waals surface area (Å²) in [4.78, 5) is 8.94. The fourth-order valence-corrected chi connectivity index (χ4v) is 7.39. The predicted molar refractivity (Wildman–Crippen MR) is 178 cm³/mol. The van der Waals surface area contributed by atoms with Crippen molar-refractivity contribution in [3.05, 3.63) is 144 Å². The first-order chi connectivity index (χ1) is 22.4. The number of benzene rings is 4. The molecule has 8 nitrogen and oxygen atoms in total. The van der Waals surface area contributed by atoms with Gasteiger partial charge in [0.1, 0.15) is 0 Å². The highest BCUT2D eigenvalue weighted by atomic mass is 32.2. The molecule has 0 amide bonds. The van der Waals surface area contributed by atoms with E-state index in [1.54, 1.807) is 60.6 Å². The Morgan fingerprint density at radius 3 is 2.22 bits per heavy atom. The molecule has 0 aliphatic carbocycles. The number of aliphatic hydroxyl groups excluding tert-OH is 1. The van der Waals surface area contributed by atoms with Gasteiger partial charge in [-0.15, -0.1) is 0 Å². The van der Waals surface area contributed by atoms with Crippen LogP contribution in [0.2, 0.25) is 0 Å². The highest BCUT2D eigenvalue weighted by Gasteiger charge is 2.38. The van der Waals surface area contributed by atoms with Crippen LogP contribution in [-0.2, 0) is 32.6 Å². The maximum absolute atomic E-state index is 12.7. The Bertz CT molecular complexity index is 1820. The van der Waals surface area contributed by atoms with Gasteiger partial charge in [0.25, 0.3) is 0 Å². The summed E-state index contributed by atoms with van der Waals surface area (Å²) in [5.74, 6) is 0.712. The van der Waals surface area contributed by atoms with Crippen molar-refractivity contribution in [2.24, 2.45) is 5.92 Å². The second kappa shape index (κ2) is 14.7. The minimum Gasteiger partial charge on any atom is -0.392 e. The molecule has 6 rings (SSSR count). The van der Waals surface area contributed by atoms with Crippen LogP contribution in [0.15, 0.2) is 132 Å². The Kier molecular flexibility index (Phi) is 10.2. The number of thioether (sulfide) groups is 1. The summed E-state index contributed by atoms with van der Waals surface area (Å²) < 4.78 is 41.2. The van der Waals surface area contributed by atoms with Crippen molar-refractivity contribution in [3.63, 3.8) is 0 Å². The number of rotatable bonds is 11. The summed E-state index contributed by atoms with van der Waals surface area (Å²) in [5.41, 5.74) is 5.59. The van der Waals surface area contributed by atoms with Crippen molar-refractivity contribution in [1.82, 2.24) is 14.7 Å². The van der Waals surface area contributed by atoms with E-state index < -0.39 is 16.3 Å². The van der Waals surface area contributed by atoms with E-state index >= 15 is 0 Å². The summed E-state index contributed by atoms with van der Waals surface area (Å²) in [5, 5.41) is 10.2. The molecule has 2 N–H and O–H groups in total. The van der Waals surface area contributed by atoms with E-state index in [2.05, 4.69) is 21.6 Å². The second-order valence-corrected chi connectivity index (χ2v) is 13.9. The van der Waals surface area contributed by atoms with Gasteiger partial charge < -0.3 is 14.6 Å². The zero-order valence-corrected chi connectivity index (χ0v) is 26.9. The van der Waals surface area contributed by atoms with E-state index in [1.807, 2.05) is 72.8 Å². The van der Waals surface area contributed by atoms with Crippen LogP contribution in [0.5, 0.6) is 0 Å². The topological polar surface area (TPSA) is 111 Å². The molecule has 0 unspecified atom stereocenters. The molecule has 1 aliphatic rings. The first kappa shape index (κ1) is 32.1. The van der Waals surface area contributed by atoms with Gasteiger partial charge in [0, 0.05) is 36.2 Å². The number of aliphatic hydroxyl groups is 1. The summed E-state index contributed by atoms with van der Waals surface area (Å²) in [6.45, 7) is 2.30. The SMILES string of the molecule is C[C@H]1[C@@H](CSc2ncccn2)O[C@@H](c2ccc(-c3cccc(CNS(=O)(=O)c4ccccc4)c3)cc2)O[C@H]1c1ccc(CO)cc1. The van der Waals surface area contributed by atoms with Crippen LogP contribution in [0.1, 0.15) is 41.6 Å². The summed E-state index contributed by atoms with van der Waals surface area (Å²) in [6.07, 6.45) is 2.53. The number of aromatic nitrogens is 2. The molecule has 236 valence electrons. The van der Waals surface area contributed by atoms with Gasteiger partial charge in [-0.1, -0.05) is 104 Å². The van der Waals surface area contributed by atoms with Crippen molar-refractivity contribution in [2.75, 3.05) is 5.75 Å². The second-order valence-electron chi connectivity index (χ2n) is 11.1. The van der Waals surface area contributed by atoms with Gasteiger partial charge >= 0.3 is 0 Å². The van der Waals surface area contributed by atoms with Crippen LogP contribution in [-0.4, -0.2) is 35.3 Å². The number of sulfonamides is 1. The fourth-order valence-electron chi connectivity index (χ4n) is 5.38. The molecular weight excluding hydrogens is 619 g/mol. The quantitative estimate of drug-likeness (QED) is 0.120. The molecule has 0 saturated carbocycles. The average molecular weight is 654 g/mol. The van der Waals surface area contributed by atoms with Crippen LogP contribution in [0.4, 0.5) is 0 Å². The molecule has 1 aromatic heterocycles. The molecule has 46 heavy (non-hydrogen) atoms. The summed E-state index contributed by atoms with van der Waals surface area (Å²) >= 11 is 1.56. The Balaban J connectivity index is 1.19. The Hall–Kier alpha value is -3.90. The molecule has 10 heteroatoms. The van der Waals surface area contributed by atoms with E-state index in [9.17, 15) is 13.5 Å². The molecule has 1 saturated heterocycles. The van der Waals surface area contributed by atoms with E-state index in [0.29, 0.717) is 10.9 Å². The Labute approximate surface area is 273 Å². The number of hydrogen-bond acceptors (Lipinski definition) is 8. The van der Waals surface area contributed by atoms with Gasteiger partial charge in [0.2, 0.25) is 10.0 Å². The number of nitrogens with zero attached hydrogens (tertiary/aromatic N) is 2. The minimum atomic E-state index is -3.61. The van der Waals surface area contributed by atoms with Crippen molar-refractivity contribution < 1.29 is 23.0 Å². The highest BCUT2D eigenvalue weighted by molar-refractivity contribution is 7.99. The predicted octanol–water partition coefficient (Wildman–Crippen LogP) is 6.70. The average Bonchev–Trinajstić information content (AvgIpc) is 3.11. The van der Waals surface area contributed by atoms with Gasteiger partial charge in [0.15, 0.2) is 11.4 Å². The lowest BCUT2D eigenvalue weighted by atomic mass is 9.91. The third-order valence-corrected chi connectivity index (χ3v) is 10.4. The summed E-state index contributed by atoms with van der Waals surface area (Å²) in [7, 11) is -3.61. The molecule has 4 aromatic carbocycles. The zero-order chi connectivity index (χ0) is 31.9. The number of hydrogen-bond donors (Lipinski definition) is 2. The van der Waals surface area contributed by atoms with Crippen molar-refractivity contribution >= 4 is 21.8 Å². The molecule has 5 aromatic rings. The van der Waals surface area contributed by atoms with Crippen LogP contribution in [0.25, 0.3) is 11.1 Å². The third-order valence-electron chi connectivity index (χ3n) is 8.01. The maximum atomic E-state index is 12.7. The van der Waals surface area contributed by atoms with Crippen molar-refractivity contribution in [2.45, 2.75) is 48.6 Å². The third kappa shape index (κ3) is 7.72. The number of nitrogens with one attached hydrogen (secondary N) is 1. The van der Waals surface area contributed by atoms with Crippen molar-refractivity contribution in [1.29, 1.82) is 0 Å². The number of ether oxygens (including phenoxy) is 2. The lowest BCUT2D eigenvalue weighted by Crippen LogP contribution is -2.38. The normalized spacial score (nSPS) is 20.0. The van der Waals surface area contributed by atoms with Gasteiger partial charge in [-0.3, -0.25) is 0 Å². The first-order valence-corrected chi connectivity index (χ1v) is 17.5. The van der Waals surface area contributed by atoms with Crippen LogP contribution < -0.4 is 4.72 Å². The minimum absolute atomic E-state index is 0.0119. The fraction of sp³-hybridized carbons (Fsp3) is 0.222. The lowest BCUT2D eigenvalue weighted by molar-refractivity contribution is -0.268. The monoisotopic (exact) mass is 653 g/mol. The lowest BCUT2D eigenvalue weighted by Gasteiger charge is -2.41. The van der Waals surface area contributed by atoms with E-state index in [4.69, 9.17) is 9.47 Å². The highest BCUT2D eigenvalue weighted by Crippen LogP contribution is 2.43. The molecule has 2 heterocycles. The van der Waals surface area contributed by atoms with E-state index in [1.165, 1.54) is 0 Å². The van der Waals surface area contributed by atoms with Gasteiger partial charge in [-0.25, -0.2) is 23.1 Å². The van der Waals surface area contributed by atoms with Crippen LogP contribution >= 0.6 is 11.8 Å². The van der Waals surface area contributed by atoms with E-state index in [-0.39, 0.29) is 36.2 Å². The zero-order valence-electron chi connectivity index (χ0n) is 25.3.